The summed E-state index contributed by atoms with van der Waals surface area (Å²) in [5.74, 6) is -0.0899. The minimum Gasteiger partial charge on any atom is -0.481 e. The van der Waals surface area contributed by atoms with Gasteiger partial charge < -0.3 is 35.5 Å². The highest BCUT2D eigenvalue weighted by molar-refractivity contribution is 6.35. The molecule has 0 unspecified atom stereocenters. The van der Waals surface area contributed by atoms with Crippen molar-refractivity contribution in [1.82, 2.24) is 36.2 Å². The van der Waals surface area contributed by atoms with Crippen molar-refractivity contribution in [3.63, 3.8) is 0 Å². The van der Waals surface area contributed by atoms with E-state index >= 15 is 0 Å². The van der Waals surface area contributed by atoms with Crippen molar-refractivity contribution in [2.45, 2.75) is 82.4 Å². The number of pyridine rings is 3. The number of hydrogen-bond donors (Lipinski definition) is 4. The van der Waals surface area contributed by atoms with E-state index in [1.54, 1.807) is 19.4 Å². The molecule has 56 heavy (non-hydrogen) atoms. The lowest BCUT2D eigenvalue weighted by molar-refractivity contribution is -0.140. The zero-order chi connectivity index (χ0) is 39.4. The molecule has 3 atom stereocenters. The van der Waals surface area contributed by atoms with Crippen molar-refractivity contribution in [2.75, 3.05) is 27.3 Å². The monoisotopic (exact) mass is 793 g/mol. The van der Waals surface area contributed by atoms with Gasteiger partial charge in [0.2, 0.25) is 29.5 Å². The van der Waals surface area contributed by atoms with Gasteiger partial charge in [0.1, 0.15) is 11.7 Å². The fourth-order valence-electron chi connectivity index (χ4n) is 7.59. The largest absolute Gasteiger partial charge is 0.481 e. The van der Waals surface area contributed by atoms with Crippen LogP contribution in [0.4, 0.5) is 13.2 Å². The van der Waals surface area contributed by atoms with Gasteiger partial charge in [-0.1, -0.05) is 35.9 Å². The van der Waals surface area contributed by atoms with Crippen LogP contribution in [0.3, 0.4) is 0 Å². The molecule has 1 aromatic carbocycles. The molecule has 1 aliphatic carbocycles. The maximum Gasteiger partial charge on any atom is 0.421 e. The number of carbonyl (C=O) groups excluding carboxylic acids is 2. The van der Waals surface area contributed by atoms with Crippen molar-refractivity contribution in [1.29, 1.82) is 0 Å². The van der Waals surface area contributed by atoms with E-state index in [0.29, 0.717) is 86.0 Å². The van der Waals surface area contributed by atoms with E-state index in [2.05, 4.69) is 31.2 Å². The van der Waals surface area contributed by atoms with Crippen LogP contribution in [0.1, 0.15) is 72.4 Å². The Hall–Kier alpha value is -4.99. The normalized spacial score (nSPS) is 19.4. The predicted molar refractivity (Wildman–Crippen MR) is 202 cm³/mol. The van der Waals surface area contributed by atoms with Crippen molar-refractivity contribution in [3.8, 4) is 40.2 Å². The molecular weight excluding hydrogens is 751 g/mol. The summed E-state index contributed by atoms with van der Waals surface area (Å²) in [4.78, 5) is 36.7. The third-order valence-electron chi connectivity index (χ3n) is 10.4. The number of amides is 2. The molecule has 4 aromatic rings. The van der Waals surface area contributed by atoms with Gasteiger partial charge in [-0.3, -0.25) is 14.6 Å². The van der Waals surface area contributed by atoms with Crippen LogP contribution in [-0.2, 0) is 35.3 Å². The van der Waals surface area contributed by atoms with Crippen LogP contribution in [-0.4, -0.2) is 66.2 Å². The summed E-state index contributed by atoms with van der Waals surface area (Å²) in [6.45, 7) is 1.58. The molecular formula is C40H43ClF3N7O5. The molecule has 5 heterocycles. The van der Waals surface area contributed by atoms with E-state index in [1.807, 2.05) is 30.3 Å². The lowest BCUT2D eigenvalue weighted by Gasteiger charge is -2.29. The van der Waals surface area contributed by atoms with Gasteiger partial charge in [-0.05, 0) is 61.4 Å². The molecule has 0 spiro atoms. The van der Waals surface area contributed by atoms with Crippen molar-refractivity contribution < 1.29 is 37.0 Å². The second kappa shape index (κ2) is 17.0. The predicted octanol–water partition coefficient (Wildman–Crippen LogP) is 6.09. The van der Waals surface area contributed by atoms with Gasteiger partial charge in [-0.2, -0.15) is 18.2 Å². The summed E-state index contributed by atoms with van der Waals surface area (Å²) in [6, 6.07) is 12.2. The maximum atomic E-state index is 14.5. The number of methoxy groups -OCH3 is 2. The first-order chi connectivity index (χ1) is 27.0. The number of alkyl halides is 3. The van der Waals surface area contributed by atoms with Crippen LogP contribution in [0.2, 0.25) is 5.02 Å². The molecule has 2 amide bonds. The van der Waals surface area contributed by atoms with Crippen molar-refractivity contribution in [2.24, 2.45) is 0 Å². The summed E-state index contributed by atoms with van der Waals surface area (Å²) < 4.78 is 60.9. The molecule has 2 fully saturated rings. The Bertz CT molecular complexity index is 2100. The van der Waals surface area contributed by atoms with E-state index in [1.165, 1.54) is 7.11 Å². The summed E-state index contributed by atoms with van der Waals surface area (Å²) in [6.07, 6.45) is 0.337. The number of nitrogens with zero attached hydrogens (tertiary/aromatic N) is 3. The minimum absolute atomic E-state index is 0.0159. The van der Waals surface area contributed by atoms with Crippen LogP contribution in [0, 0.1) is 0 Å². The van der Waals surface area contributed by atoms with E-state index in [-0.39, 0.29) is 41.9 Å². The SMILES string of the molecule is COc1nc(-c2ccnc(-c3cccc4c3CCC[C@@H]4Oc3nc(OC)c(CNC[C@@H]4CCC(=O)N4)cc3C(F)(F)F)c2Cl)ccc1CNC[C@@H]1CCC(=O)N1. The maximum absolute atomic E-state index is 14.5. The Morgan fingerprint density at radius 3 is 2.14 bits per heavy atom. The zero-order valence-corrected chi connectivity index (χ0v) is 31.8. The highest BCUT2D eigenvalue weighted by Crippen LogP contribution is 2.44. The molecule has 16 heteroatoms. The molecule has 12 nitrogen and oxygen atoms in total. The lowest BCUT2D eigenvalue weighted by Crippen LogP contribution is -2.35. The van der Waals surface area contributed by atoms with Gasteiger partial charge in [-0.25, -0.2) is 4.98 Å². The molecule has 2 aliphatic heterocycles. The van der Waals surface area contributed by atoms with Crippen molar-refractivity contribution in [3.05, 3.63) is 81.5 Å². The highest BCUT2D eigenvalue weighted by atomic mass is 35.5. The van der Waals surface area contributed by atoms with Gasteiger partial charge in [-0.15, -0.1) is 0 Å². The molecule has 0 bridgehead atoms. The number of benzene rings is 1. The molecule has 3 aliphatic rings. The second-order valence-corrected chi connectivity index (χ2v) is 14.5. The van der Waals surface area contributed by atoms with Crippen LogP contribution in [0.25, 0.3) is 22.5 Å². The number of nitrogens with one attached hydrogen (secondary N) is 4. The standard InChI is InChI=1S/C40H43ClF3N7O5/c1-54-37-22(18-45-20-24-10-13-33(52)48-24)9-12-31(50-37)29-15-16-47-36(35(29)41)28-7-3-6-27-26(28)5-4-8-32(27)56-39-30(40(42,43)44)17-23(38(51-39)55-2)19-46-21-25-11-14-34(53)49-25/h3,6-7,9,12,15-17,24-25,32,45-46H,4-5,8,10-11,13-14,18-21H2,1-2H3,(H,48,52)(H,49,53)/t24-,25-,32-/m0/s1. The Morgan fingerprint density at radius 1 is 0.821 bits per heavy atom. The van der Waals surface area contributed by atoms with Gasteiger partial charge >= 0.3 is 6.18 Å². The van der Waals surface area contributed by atoms with Gasteiger partial charge in [0, 0.05) is 79.6 Å². The van der Waals surface area contributed by atoms with Crippen LogP contribution < -0.4 is 35.5 Å². The fourth-order valence-corrected chi connectivity index (χ4v) is 7.90. The third kappa shape index (κ3) is 8.69. The van der Waals surface area contributed by atoms with E-state index in [9.17, 15) is 22.8 Å². The highest BCUT2D eigenvalue weighted by Gasteiger charge is 2.38. The quantitative estimate of drug-likeness (QED) is 0.118. The molecule has 4 N–H and O–H groups in total. The molecule has 0 saturated carbocycles. The lowest BCUT2D eigenvalue weighted by atomic mass is 9.85. The number of hydrogen-bond acceptors (Lipinski definition) is 10. The van der Waals surface area contributed by atoms with Gasteiger partial charge in [0.15, 0.2) is 0 Å². The Balaban J connectivity index is 1.12. The number of aromatic nitrogens is 3. The number of ether oxygens (including phenoxy) is 3. The van der Waals surface area contributed by atoms with Crippen LogP contribution >= 0.6 is 11.6 Å². The average Bonchev–Trinajstić information content (AvgIpc) is 3.81. The smallest absolute Gasteiger partial charge is 0.421 e. The molecule has 3 aromatic heterocycles. The first-order valence-electron chi connectivity index (χ1n) is 18.6. The average molecular weight is 794 g/mol. The fraction of sp³-hybridized carbons (Fsp3) is 0.425. The van der Waals surface area contributed by atoms with Crippen LogP contribution in [0.15, 0.2) is 48.7 Å². The number of fused-ring (bicyclic) bond motifs is 1. The second-order valence-electron chi connectivity index (χ2n) is 14.1. The molecule has 2 saturated heterocycles. The van der Waals surface area contributed by atoms with E-state index in [4.69, 9.17) is 30.8 Å². The summed E-state index contributed by atoms with van der Waals surface area (Å²) in [7, 11) is 2.90. The van der Waals surface area contributed by atoms with Gasteiger partial charge in [0.25, 0.3) is 0 Å². The number of halogens is 4. The van der Waals surface area contributed by atoms with E-state index < -0.39 is 23.7 Å². The van der Waals surface area contributed by atoms with E-state index in [0.717, 1.165) is 34.7 Å². The Labute approximate surface area is 327 Å². The topological polar surface area (TPSA) is 149 Å². The minimum atomic E-state index is -4.75. The molecule has 296 valence electrons. The number of carbonyl (C=O) groups is 2. The Kier molecular flexibility index (Phi) is 11.9. The van der Waals surface area contributed by atoms with Gasteiger partial charge in [0.05, 0.1) is 30.6 Å². The first-order valence-corrected chi connectivity index (χ1v) is 19.0. The Morgan fingerprint density at radius 2 is 1.50 bits per heavy atom. The summed E-state index contributed by atoms with van der Waals surface area (Å²) in [5.41, 5.74) is 4.14. The first kappa shape index (κ1) is 39.3. The third-order valence-corrected chi connectivity index (χ3v) is 10.7. The molecule has 7 rings (SSSR count). The zero-order valence-electron chi connectivity index (χ0n) is 31.0. The molecule has 0 radical (unpaired) electrons. The van der Waals surface area contributed by atoms with Crippen molar-refractivity contribution >= 4 is 23.4 Å². The summed E-state index contributed by atoms with van der Waals surface area (Å²) in [5, 5.41) is 12.6. The summed E-state index contributed by atoms with van der Waals surface area (Å²) >= 11 is 7.09. The van der Waals surface area contributed by atoms with Crippen LogP contribution in [0.5, 0.6) is 17.6 Å². The number of rotatable bonds is 14.